The molecule has 1 aromatic rings. The molecule has 0 aromatic carbocycles. The summed E-state index contributed by atoms with van der Waals surface area (Å²) in [5, 5.41) is 6.05. The van der Waals surface area contributed by atoms with E-state index in [0.717, 1.165) is 23.7 Å². The van der Waals surface area contributed by atoms with Gasteiger partial charge >= 0.3 is 0 Å². The number of carbonyl (C=O) groups excluding carboxylic acids is 1. The number of nitrogens with one attached hydrogen (secondary N) is 2. The number of furan rings is 1. The van der Waals surface area contributed by atoms with Crippen molar-refractivity contribution in [2.24, 2.45) is 0 Å². The summed E-state index contributed by atoms with van der Waals surface area (Å²) in [5.41, 5.74) is 0. The number of piperidine rings is 1. The van der Waals surface area contributed by atoms with Crippen molar-refractivity contribution in [2.45, 2.75) is 30.7 Å². The summed E-state index contributed by atoms with van der Waals surface area (Å²) in [6, 6.07) is 1.33. The molecule has 1 unspecified atom stereocenters. The summed E-state index contributed by atoms with van der Waals surface area (Å²) in [7, 11) is -0.727. The van der Waals surface area contributed by atoms with E-state index >= 15 is 0 Å². The number of hydrogen-bond acceptors (Lipinski definition) is 5. The minimum atomic E-state index is -3.61. The van der Waals surface area contributed by atoms with E-state index in [0.29, 0.717) is 6.54 Å². The predicted molar refractivity (Wildman–Crippen MR) is 84.9 cm³/mol. The van der Waals surface area contributed by atoms with Gasteiger partial charge < -0.3 is 15.1 Å². The Morgan fingerprint density at radius 1 is 1.45 bits per heavy atom. The molecule has 0 radical (unpaired) electrons. The van der Waals surface area contributed by atoms with Crippen LogP contribution >= 0.6 is 12.4 Å². The fourth-order valence-electron chi connectivity index (χ4n) is 2.26. The van der Waals surface area contributed by atoms with E-state index in [1.807, 2.05) is 0 Å². The molecule has 126 valence electrons. The summed E-state index contributed by atoms with van der Waals surface area (Å²) < 4.78 is 30.6. The molecule has 1 amide bonds. The first-order valence-electron chi connectivity index (χ1n) is 6.87. The molecular weight excluding hydrogens is 330 g/mol. The fourth-order valence-corrected chi connectivity index (χ4v) is 3.32. The van der Waals surface area contributed by atoms with Gasteiger partial charge in [-0.3, -0.25) is 4.79 Å². The van der Waals surface area contributed by atoms with Crippen molar-refractivity contribution in [1.82, 2.24) is 14.9 Å². The zero-order valence-electron chi connectivity index (χ0n) is 12.9. The highest BCUT2D eigenvalue weighted by Crippen LogP contribution is 2.22. The first-order chi connectivity index (χ1) is 9.82. The van der Waals surface area contributed by atoms with Gasteiger partial charge in [0.2, 0.25) is 10.0 Å². The van der Waals surface area contributed by atoms with E-state index in [2.05, 4.69) is 10.6 Å². The molecule has 2 heterocycles. The zero-order valence-corrected chi connectivity index (χ0v) is 14.5. The summed E-state index contributed by atoms with van der Waals surface area (Å²) in [5.74, 6) is -0.138. The van der Waals surface area contributed by atoms with Gasteiger partial charge in [-0.15, -0.1) is 12.4 Å². The third-order valence-electron chi connectivity index (χ3n) is 3.49. The number of amides is 1. The number of aryl methyl sites for hydroxylation is 1. The molecule has 1 aromatic heterocycles. The van der Waals surface area contributed by atoms with Crippen molar-refractivity contribution >= 4 is 28.3 Å². The molecule has 1 aliphatic heterocycles. The van der Waals surface area contributed by atoms with Gasteiger partial charge in [0.1, 0.15) is 10.7 Å². The first kappa shape index (κ1) is 19.0. The van der Waals surface area contributed by atoms with E-state index in [9.17, 15) is 13.2 Å². The van der Waals surface area contributed by atoms with Crippen LogP contribution in [-0.2, 0) is 10.0 Å². The van der Waals surface area contributed by atoms with Crippen molar-refractivity contribution in [3.63, 3.8) is 0 Å². The maximum atomic E-state index is 12.1. The van der Waals surface area contributed by atoms with Crippen molar-refractivity contribution in [3.8, 4) is 0 Å². The Hall–Kier alpha value is -1.09. The van der Waals surface area contributed by atoms with Crippen LogP contribution < -0.4 is 10.6 Å². The molecule has 9 heteroatoms. The summed E-state index contributed by atoms with van der Waals surface area (Å²) in [6.07, 6.45) is 1.91. The molecule has 22 heavy (non-hydrogen) atoms. The lowest BCUT2D eigenvalue weighted by molar-refractivity contribution is 0.0901. The molecule has 1 fully saturated rings. The van der Waals surface area contributed by atoms with Crippen LogP contribution in [0.15, 0.2) is 15.4 Å². The van der Waals surface area contributed by atoms with Crippen LogP contribution in [0.4, 0.5) is 0 Å². The molecule has 1 saturated heterocycles. The highest BCUT2D eigenvalue weighted by Gasteiger charge is 2.26. The van der Waals surface area contributed by atoms with Gasteiger partial charge in [0.25, 0.3) is 5.91 Å². The third kappa shape index (κ3) is 4.01. The first-order valence-corrected chi connectivity index (χ1v) is 8.31. The minimum absolute atomic E-state index is 0. The van der Waals surface area contributed by atoms with E-state index in [-0.39, 0.29) is 40.8 Å². The topological polar surface area (TPSA) is 91.6 Å². The summed E-state index contributed by atoms with van der Waals surface area (Å²) in [4.78, 5) is 12.2. The van der Waals surface area contributed by atoms with Gasteiger partial charge in [0.05, 0.1) is 0 Å². The van der Waals surface area contributed by atoms with Crippen molar-refractivity contribution in [1.29, 1.82) is 0 Å². The number of rotatable bonds is 4. The lowest BCUT2D eigenvalue weighted by Crippen LogP contribution is -2.45. The monoisotopic (exact) mass is 351 g/mol. The quantitative estimate of drug-likeness (QED) is 0.834. The largest absolute Gasteiger partial charge is 0.455 e. The lowest BCUT2D eigenvalue weighted by atomic mass is 10.1. The maximum absolute atomic E-state index is 12.1. The molecule has 0 spiro atoms. The standard InChI is InChI=1S/C13H21N3O4S.ClH/c1-9-12(21(18,19)16(2)3)7-11(20-9)13(17)15-10-5-4-6-14-8-10;/h7,10,14H,4-6,8H2,1-3H3,(H,15,17);1H. The molecule has 1 atom stereocenters. The van der Waals surface area contributed by atoms with Crippen molar-refractivity contribution < 1.29 is 17.6 Å². The van der Waals surface area contributed by atoms with E-state index in [1.54, 1.807) is 0 Å². The Morgan fingerprint density at radius 3 is 2.68 bits per heavy atom. The Kier molecular flexibility index (Phi) is 6.42. The molecular formula is C13H22ClN3O4S. The van der Waals surface area contributed by atoms with Crippen molar-refractivity contribution in [3.05, 3.63) is 17.6 Å². The van der Waals surface area contributed by atoms with Gasteiger partial charge in [-0.1, -0.05) is 0 Å². The van der Waals surface area contributed by atoms with E-state index in [1.165, 1.54) is 27.1 Å². The average Bonchev–Trinajstić information content (AvgIpc) is 2.82. The van der Waals surface area contributed by atoms with Crippen LogP contribution in [0.1, 0.15) is 29.2 Å². The van der Waals surface area contributed by atoms with Crippen LogP contribution in [0.25, 0.3) is 0 Å². The third-order valence-corrected chi connectivity index (χ3v) is 5.41. The molecule has 2 rings (SSSR count). The molecule has 0 bridgehead atoms. The number of hydrogen-bond donors (Lipinski definition) is 2. The Bertz CT molecular complexity index is 621. The average molecular weight is 352 g/mol. The highest BCUT2D eigenvalue weighted by atomic mass is 35.5. The fraction of sp³-hybridized carbons (Fsp3) is 0.615. The smallest absolute Gasteiger partial charge is 0.287 e. The molecule has 1 aliphatic rings. The normalized spacial score (nSPS) is 18.8. The van der Waals surface area contributed by atoms with E-state index in [4.69, 9.17) is 4.42 Å². The van der Waals surface area contributed by atoms with Crippen LogP contribution in [-0.4, -0.2) is 51.9 Å². The Labute approximate surface area is 136 Å². The van der Waals surface area contributed by atoms with Crippen LogP contribution in [0.3, 0.4) is 0 Å². The predicted octanol–water partition coefficient (Wildman–Crippen LogP) is 0.742. The number of nitrogens with zero attached hydrogens (tertiary/aromatic N) is 1. The zero-order chi connectivity index (χ0) is 15.6. The second-order valence-corrected chi connectivity index (χ2v) is 7.46. The second-order valence-electron chi connectivity index (χ2n) is 5.34. The minimum Gasteiger partial charge on any atom is -0.455 e. The maximum Gasteiger partial charge on any atom is 0.287 e. The van der Waals surface area contributed by atoms with Crippen LogP contribution in [0, 0.1) is 6.92 Å². The van der Waals surface area contributed by atoms with Crippen molar-refractivity contribution in [2.75, 3.05) is 27.2 Å². The second kappa shape index (κ2) is 7.45. The van der Waals surface area contributed by atoms with Crippen LogP contribution in [0.2, 0.25) is 0 Å². The molecule has 0 saturated carbocycles. The summed E-state index contributed by atoms with van der Waals surface area (Å²) >= 11 is 0. The van der Waals surface area contributed by atoms with Gasteiger partial charge in [-0.05, 0) is 26.3 Å². The Morgan fingerprint density at radius 2 is 2.14 bits per heavy atom. The lowest BCUT2D eigenvalue weighted by Gasteiger charge is -2.23. The molecule has 0 aliphatic carbocycles. The number of carbonyl (C=O) groups is 1. The van der Waals surface area contributed by atoms with E-state index < -0.39 is 10.0 Å². The number of sulfonamides is 1. The van der Waals surface area contributed by atoms with Gasteiger partial charge in [-0.25, -0.2) is 12.7 Å². The number of halogens is 1. The summed E-state index contributed by atoms with van der Waals surface area (Å²) in [6.45, 7) is 3.21. The molecule has 2 N–H and O–H groups in total. The molecule has 7 nitrogen and oxygen atoms in total. The van der Waals surface area contributed by atoms with Gasteiger partial charge in [0, 0.05) is 32.7 Å². The SMILES string of the molecule is Cc1oc(C(=O)NC2CCCNC2)cc1S(=O)(=O)N(C)C.Cl. The van der Waals surface area contributed by atoms with Crippen LogP contribution in [0.5, 0.6) is 0 Å². The van der Waals surface area contributed by atoms with Gasteiger partial charge in [-0.2, -0.15) is 0 Å². The van der Waals surface area contributed by atoms with Gasteiger partial charge in [0.15, 0.2) is 5.76 Å². The highest BCUT2D eigenvalue weighted by molar-refractivity contribution is 7.89. The Balaban J connectivity index is 0.00000242.